The second-order valence-electron chi connectivity index (χ2n) is 5.88. The molecule has 0 aliphatic carbocycles. The third-order valence-electron chi connectivity index (χ3n) is 4.35. The summed E-state index contributed by atoms with van der Waals surface area (Å²) in [5.41, 5.74) is 2.63. The number of aromatic nitrogens is 1. The fourth-order valence-electron chi connectivity index (χ4n) is 3.06. The van der Waals surface area contributed by atoms with Gasteiger partial charge in [-0.15, -0.1) is 0 Å². The fraction of sp³-hybridized carbons (Fsp3) is 0.250. The first-order valence-corrected chi connectivity index (χ1v) is 8.20. The molecule has 6 heteroatoms. The van der Waals surface area contributed by atoms with Gasteiger partial charge in [0.15, 0.2) is 11.5 Å². The third-order valence-corrected chi connectivity index (χ3v) is 4.35. The Bertz CT molecular complexity index is 921. The van der Waals surface area contributed by atoms with Crippen LogP contribution in [-0.4, -0.2) is 31.8 Å². The largest absolute Gasteiger partial charge is 0.493 e. The van der Waals surface area contributed by atoms with Crippen LogP contribution in [0.2, 0.25) is 0 Å². The summed E-state index contributed by atoms with van der Waals surface area (Å²) < 4.78 is 18.0. The normalized spacial score (nSPS) is 10.6. The molecule has 2 aromatic carbocycles. The number of hydrogen-bond acceptors (Lipinski definition) is 4. The van der Waals surface area contributed by atoms with E-state index in [9.17, 15) is 4.79 Å². The maximum absolute atomic E-state index is 12.6. The highest BCUT2D eigenvalue weighted by Gasteiger charge is 2.17. The van der Waals surface area contributed by atoms with Crippen molar-refractivity contribution in [2.45, 2.75) is 6.54 Å². The Morgan fingerprint density at radius 1 is 1.04 bits per heavy atom. The molecule has 0 radical (unpaired) electrons. The zero-order valence-electron chi connectivity index (χ0n) is 15.3. The van der Waals surface area contributed by atoms with Gasteiger partial charge in [-0.1, -0.05) is 18.2 Å². The van der Waals surface area contributed by atoms with E-state index in [1.165, 1.54) is 21.3 Å². The SMILES string of the molecule is COc1cc(C(=O)NCc2cn(C)c3ccccc23)cc(OC)c1OC. The van der Waals surface area contributed by atoms with Crippen LogP contribution in [0, 0.1) is 0 Å². The molecule has 0 spiro atoms. The molecule has 0 fully saturated rings. The van der Waals surface area contributed by atoms with Crippen LogP contribution in [0.15, 0.2) is 42.6 Å². The molecule has 26 heavy (non-hydrogen) atoms. The Labute approximate surface area is 152 Å². The number of aryl methyl sites for hydroxylation is 1. The van der Waals surface area contributed by atoms with Crippen LogP contribution in [0.3, 0.4) is 0 Å². The lowest BCUT2D eigenvalue weighted by atomic mass is 10.1. The fourth-order valence-corrected chi connectivity index (χ4v) is 3.06. The van der Waals surface area contributed by atoms with Gasteiger partial charge >= 0.3 is 0 Å². The van der Waals surface area contributed by atoms with Crippen molar-refractivity contribution in [2.24, 2.45) is 7.05 Å². The summed E-state index contributed by atoms with van der Waals surface area (Å²) in [5.74, 6) is 1.14. The van der Waals surface area contributed by atoms with Gasteiger partial charge in [0.1, 0.15) is 0 Å². The van der Waals surface area contributed by atoms with Gasteiger partial charge in [0.05, 0.1) is 21.3 Å². The van der Waals surface area contributed by atoms with E-state index in [4.69, 9.17) is 14.2 Å². The summed E-state index contributed by atoms with van der Waals surface area (Å²) in [6.45, 7) is 0.427. The molecule has 3 aromatic rings. The van der Waals surface area contributed by atoms with E-state index in [2.05, 4.69) is 22.0 Å². The molecule has 0 atom stereocenters. The Kier molecular flexibility index (Phi) is 5.02. The van der Waals surface area contributed by atoms with Crippen LogP contribution >= 0.6 is 0 Å². The summed E-state index contributed by atoms with van der Waals surface area (Å²) in [7, 11) is 6.57. The minimum absolute atomic E-state index is 0.211. The summed E-state index contributed by atoms with van der Waals surface area (Å²) in [6.07, 6.45) is 2.03. The van der Waals surface area contributed by atoms with E-state index in [0.717, 1.165) is 16.5 Å². The maximum Gasteiger partial charge on any atom is 0.251 e. The Balaban J connectivity index is 1.84. The lowest BCUT2D eigenvalue weighted by Crippen LogP contribution is -2.22. The Morgan fingerprint density at radius 2 is 1.69 bits per heavy atom. The molecule has 0 bridgehead atoms. The van der Waals surface area contributed by atoms with Gasteiger partial charge < -0.3 is 24.1 Å². The molecule has 6 nitrogen and oxygen atoms in total. The summed E-state index contributed by atoms with van der Waals surface area (Å²) in [6, 6.07) is 11.4. The Hall–Kier alpha value is -3.15. The van der Waals surface area contributed by atoms with Crippen LogP contribution < -0.4 is 19.5 Å². The zero-order valence-corrected chi connectivity index (χ0v) is 15.3. The number of benzene rings is 2. The van der Waals surface area contributed by atoms with Crippen molar-refractivity contribution < 1.29 is 19.0 Å². The number of fused-ring (bicyclic) bond motifs is 1. The minimum atomic E-state index is -0.211. The van der Waals surface area contributed by atoms with Crippen LogP contribution in [0.5, 0.6) is 17.2 Å². The van der Waals surface area contributed by atoms with Gasteiger partial charge in [-0.25, -0.2) is 0 Å². The van der Waals surface area contributed by atoms with Crippen LogP contribution in [0.1, 0.15) is 15.9 Å². The van der Waals surface area contributed by atoms with Crippen LogP contribution in [0.4, 0.5) is 0 Å². The molecule has 1 heterocycles. The molecule has 0 aliphatic rings. The van der Waals surface area contributed by atoms with E-state index < -0.39 is 0 Å². The molecular weight excluding hydrogens is 332 g/mol. The van der Waals surface area contributed by atoms with Crippen molar-refractivity contribution in [1.82, 2.24) is 9.88 Å². The third kappa shape index (κ3) is 3.18. The molecule has 136 valence electrons. The standard InChI is InChI=1S/C20H22N2O4/c1-22-12-14(15-7-5-6-8-16(15)22)11-21-20(23)13-9-17(24-2)19(26-4)18(10-13)25-3/h5-10,12H,11H2,1-4H3,(H,21,23). The number of nitrogens with zero attached hydrogens (tertiary/aromatic N) is 1. The lowest BCUT2D eigenvalue weighted by Gasteiger charge is -2.14. The van der Waals surface area contributed by atoms with E-state index in [1.807, 2.05) is 25.4 Å². The second kappa shape index (κ2) is 7.39. The van der Waals surface area contributed by atoms with Gasteiger partial charge in [-0.2, -0.15) is 0 Å². The van der Waals surface area contributed by atoms with Crippen LogP contribution in [-0.2, 0) is 13.6 Å². The molecule has 0 aliphatic heterocycles. The zero-order chi connectivity index (χ0) is 18.7. The van der Waals surface area contributed by atoms with Crippen molar-refractivity contribution in [3.63, 3.8) is 0 Å². The number of methoxy groups -OCH3 is 3. The molecular formula is C20H22N2O4. The van der Waals surface area contributed by atoms with E-state index in [0.29, 0.717) is 29.4 Å². The highest BCUT2D eigenvalue weighted by Crippen LogP contribution is 2.38. The number of rotatable bonds is 6. The number of ether oxygens (including phenoxy) is 3. The molecule has 1 aromatic heterocycles. The van der Waals surface area contributed by atoms with Crippen molar-refractivity contribution in [1.29, 1.82) is 0 Å². The monoisotopic (exact) mass is 354 g/mol. The number of carbonyl (C=O) groups excluding carboxylic acids is 1. The molecule has 0 unspecified atom stereocenters. The smallest absolute Gasteiger partial charge is 0.251 e. The molecule has 0 saturated carbocycles. The predicted octanol–water partition coefficient (Wildman–Crippen LogP) is 3.13. The van der Waals surface area contributed by atoms with Gasteiger partial charge in [0.2, 0.25) is 5.75 Å². The minimum Gasteiger partial charge on any atom is -0.493 e. The first-order chi connectivity index (χ1) is 12.6. The molecule has 1 amide bonds. The Morgan fingerprint density at radius 3 is 2.31 bits per heavy atom. The summed E-state index contributed by atoms with van der Waals surface area (Å²) in [5, 5.41) is 4.08. The summed E-state index contributed by atoms with van der Waals surface area (Å²) >= 11 is 0. The summed E-state index contributed by atoms with van der Waals surface area (Å²) in [4.78, 5) is 12.6. The van der Waals surface area contributed by atoms with Gasteiger partial charge in [0.25, 0.3) is 5.91 Å². The van der Waals surface area contributed by atoms with E-state index in [1.54, 1.807) is 12.1 Å². The molecule has 0 saturated heterocycles. The van der Waals surface area contributed by atoms with E-state index in [-0.39, 0.29) is 5.91 Å². The van der Waals surface area contributed by atoms with Crippen molar-refractivity contribution >= 4 is 16.8 Å². The van der Waals surface area contributed by atoms with Gasteiger partial charge in [-0.3, -0.25) is 4.79 Å². The number of nitrogens with one attached hydrogen (secondary N) is 1. The average molecular weight is 354 g/mol. The van der Waals surface area contributed by atoms with Crippen molar-refractivity contribution in [3.05, 3.63) is 53.7 Å². The molecule has 3 rings (SSSR count). The highest BCUT2D eigenvalue weighted by molar-refractivity contribution is 5.96. The predicted molar refractivity (Wildman–Crippen MR) is 100 cm³/mol. The van der Waals surface area contributed by atoms with Crippen molar-refractivity contribution in [2.75, 3.05) is 21.3 Å². The number of carbonyl (C=O) groups is 1. The number of amides is 1. The number of para-hydroxylation sites is 1. The van der Waals surface area contributed by atoms with E-state index >= 15 is 0 Å². The quantitative estimate of drug-likeness (QED) is 0.739. The average Bonchev–Trinajstić information content (AvgIpc) is 3.00. The topological polar surface area (TPSA) is 61.7 Å². The maximum atomic E-state index is 12.6. The van der Waals surface area contributed by atoms with Crippen molar-refractivity contribution in [3.8, 4) is 17.2 Å². The first kappa shape index (κ1) is 17.7. The number of hydrogen-bond donors (Lipinski definition) is 1. The first-order valence-electron chi connectivity index (χ1n) is 8.20. The van der Waals surface area contributed by atoms with Gasteiger partial charge in [0, 0.05) is 36.3 Å². The van der Waals surface area contributed by atoms with Gasteiger partial charge in [-0.05, 0) is 23.8 Å². The van der Waals surface area contributed by atoms with Crippen LogP contribution in [0.25, 0.3) is 10.9 Å². The molecule has 1 N–H and O–H groups in total. The second-order valence-corrected chi connectivity index (χ2v) is 5.88. The lowest BCUT2D eigenvalue weighted by molar-refractivity contribution is 0.0950. The highest BCUT2D eigenvalue weighted by atomic mass is 16.5.